The molecule has 0 spiro atoms. The number of hydrogen-bond acceptors (Lipinski definition) is 2. The zero-order valence-electron chi connectivity index (χ0n) is 14.8. The minimum absolute atomic E-state index is 0.204. The van der Waals surface area contributed by atoms with Crippen LogP contribution in [0.5, 0.6) is 11.5 Å². The van der Waals surface area contributed by atoms with Crippen LogP contribution in [0.1, 0.15) is 67.4 Å². The Balaban J connectivity index is 3.15. The van der Waals surface area contributed by atoms with E-state index in [-0.39, 0.29) is 16.8 Å². The van der Waals surface area contributed by atoms with Crippen LogP contribution in [0.15, 0.2) is 23.8 Å². The molecule has 0 fully saturated rings. The zero-order valence-corrected chi connectivity index (χ0v) is 14.8. The first-order chi connectivity index (χ1) is 9.39. The number of aromatic hydroxyl groups is 1. The predicted octanol–water partition coefficient (Wildman–Crippen LogP) is 5.80. The van der Waals surface area contributed by atoms with Crippen molar-refractivity contribution < 1.29 is 9.84 Å². The SMILES string of the molecule is CC(C)=C(CC(C)(C)C)c1ccc(OC(C)(C)C)c(O)c1. The first-order valence-corrected chi connectivity index (χ1v) is 7.58. The molecule has 2 heteroatoms. The summed E-state index contributed by atoms with van der Waals surface area (Å²) in [5, 5.41) is 10.2. The molecule has 0 unspecified atom stereocenters. The van der Waals surface area contributed by atoms with E-state index >= 15 is 0 Å². The lowest BCUT2D eigenvalue weighted by molar-refractivity contribution is 0.126. The van der Waals surface area contributed by atoms with E-state index < -0.39 is 0 Å². The lowest BCUT2D eigenvalue weighted by Crippen LogP contribution is -2.23. The smallest absolute Gasteiger partial charge is 0.161 e. The highest BCUT2D eigenvalue weighted by Gasteiger charge is 2.18. The highest BCUT2D eigenvalue weighted by Crippen LogP contribution is 2.37. The van der Waals surface area contributed by atoms with Gasteiger partial charge < -0.3 is 9.84 Å². The first-order valence-electron chi connectivity index (χ1n) is 7.58. The molecule has 21 heavy (non-hydrogen) atoms. The van der Waals surface area contributed by atoms with Crippen molar-refractivity contribution >= 4 is 5.57 Å². The average Bonchev–Trinajstić information content (AvgIpc) is 2.25. The van der Waals surface area contributed by atoms with Crippen molar-refractivity contribution in [1.29, 1.82) is 0 Å². The predicted molar refractivity (Wildman–Crippen MR) is 90.8 cm³/mol. The maximum Gasteiger partial charge on any atom is 0.161 e. The molecule has 118 valence electrons. The number of hydrogen-bond donors (Lipinski definition) is 1. The fourth-order valence-electron chi connectivity index (χ4n) is 2.22. The van der Waals surface area contributed by atoms with Crippen molar-refractivity contribution in [2.75, 3.05) is 0 Å². The van der Waals surface area contributed by atoms with Gasteiger partial charge in [-0.3, -0.25) is 0 Å². The Morgan fingerprint density at radius 2 is 1.62 bits per heavy atom. The summed E-state index contributed by atoms with van der Waals surface area (Å²) < 4.78 is 5.76. The lowest BCUT2D eigenvalue weighted by Gasteiger charge is -2.24. The Hall–Kier alpha value is -1.44. The highest BCUT2D eigenvalue weighted by atomic mass is 16.5. The van der Waals surface area contributed by atoms with Gasteiger partial charge >= 0.3 is 0 Å². The summed E-state index contributed by atoms with van der Waals surface area (Å²) in [5.41, 5.74) is 3.55. The van der Waals surface area contributed by atoms with Crippen LogP contribution in [0.25, 0.3) is 5.57 Å². The summed E-state index contributed by atoms with van der Waals surface area (Å²) in [7, 11) is 0. The van der Waals surface area contributed by atoms with Crippen molar-refractivity contribution in [3.63, 3.8) is 0 Å². The van der Waals surface area contributed by atoms with E-state index in [9.17, 15) is 5.11 Å². The van der Waals surface area contributed by atoms with Gasteiger partial charge in [0.05, 0.1) is 0 Å². The van der Waals surface area contributed by atoms with E-state index in [1.165, 1.54) is 11.1 Å². The quantitative estimate of drug-likeness (QED) is 0.762. The Kier molecular flexibility index (Phi) is 5.14. The van der Waals surface area contributed by atoms with E-state index in [0.29, 0.717) is 5.75 Å². The molecule has 0 radical (unpaired) electrons. The minimum atomic E-state index is -0.316. The molecule has 0 aliphatic rings. The number of ether oxygens (including phenoxy) is 1. The number of benzene rings is 1. The van der Waals surface area contributed by atoms with Crippen molar-refractivity contribution in [2.24, 2.45) is 5.41 Å². The largest absolute Gasteiger partial charge is 0.504 e. The fourth-order valence-corrected chi connectivity index (χ4v) is 2.22. The summed E-state index contributed by atoms with van der Waals surface area (Å²) in [4.78, 5) is 0. The zero-order chi connectivity index (χ0) is 16.4. The van der Waals surface area contributed by atoms with Crippen molar-refractivity contribution in [2.45, 2.75) is 67.4 Å². The third-order valence-electron chi connectivity index (χ3n) is 3.03. The number of phenols is 1. The average molecular weight is 290 g/mol. The second-order valence-corrected chi connectivity index (χ2v) is 8.11. The van der Waals surface area contributed by atoms with Gasteiger partial charge in [0.1, 0.15) is 5.60 Å². The summed E-state index contributed by atoms with van der Waals surface area (Å²) in [5.74, 6) is 0.741. The Morgan fingerprint density at radius 1 is 1.05 bits per heavy atom. The van der Waals surface area contributed by atoms with E-state index in [1.54, 1.807) is 0 Å². The maximum absolute atomic E-state index is 10.2. The molecular formula is C19H30O2. The lowest BCUT2D eigenvalue weighted by atomic mass is 9.83. The van der Waals surface area contributed by atoms with Crippen LogP contribution < -0.4 is 4.74 Å². The molecule has 1 aromatic carbocycles. The Labute approximate surface area is 129 Å². The molecule has 0 atom stereocenters. The summed E-state index contributed by atoms with van der Waals surface area (Å²) in [6.07, 6.45) is 0.980. The van der Waals surface area contributed by atoms with Gasteiger partial charge in [-0.15, -0.1) is 0 Å². The molecule has 2 nitrogen and oxygen atoms in total. The van der Waals surface area contributed by atoms with Crippen LogP contribution >= 0.6 is 0 Å². The standard InChI is InChI=1S/C19H30O2/c1-13(2)15(12-18(3,4)5)14-9-10-17(16(20)11-14)21-19(6,7)8/h9-11,20H,12H2,1-8H3. The second-order valence-electron chi connectivity index (χ2n) is 8.11. The van der Waals surface area contributed by atoms with Crippen molar-refractivity contribution in [1.82, 2.24) is 0 Å². The Morgan fingerprint density at radius 3 is 2.00 bits per heavy atom. The van der Waals surface area contributed by atoms with Crippen LogP contribution in [0.3, 0.4) is 0 Å². The minimum Gasteiger partial charge on any atom is -0.504 e. The molecule has 0 saturated carbocycles. The molecule has 0 heterocycles. The third kappa shape index (κ3) is 5.82. The van der Waals surface area contributed by atoms with Crippen LogP contribution in [0.2, 0.25) is 0 Å². The van der Waals surface area contributed by atoms with Crippen molar-refractivity contribution in [3.8, 4) is 11.5 Å². The van der Waals surface area contributed by atoms with Gasteiger partial charge in [-0.25, -0.2) is 0 Å². The van der Waals surface area contributed by atoms with E-state index in [4.69, 9.17) is 4.74 Å². The van der Waals surface area contributed by atoms with Gasteiger partial charge in [-0.1, -0.05) is 32.4 Å². The molecule has 0 aromatic heterocycles. The number of rotatable bonds is 3. The van der Waals surface area contributed by atoms with Crippen LogP contribution in [0.4, 0.5) is 0 Å². The number of allylic oxidation sites excluding steroid dienone is 2. The molecular weight excluding hydrogens is 260 g/mol. The van der Waals surface area contributed by atoms with Crippen LogP contribution in [-0.4, -0.2) is 10.7 Å². The molecule has 1 aromatic rings. The molecule has 0 aliphatic carbocycles. The van der Waals surface area contributed by atoms with Gasteiger partial charge in [0.2, 0.25) is 0 Å². The van der Waals surface area contributed by atoms with Crippen LogP contribution in [0, 0.1) is 5.41 Å². The molecule has 0 saturated heterocycles. The Bertz CT molecular complexity index is 521. The molecule has 1 N–H and O–H groups in total. The van der Waals surface area contributed by atoms with Gasteiger partial charge in [0.25, 0.3) is 0 Å². The van der Waals surface area contributed by atoms with Crippen molar-refractivity contribution in [3.05, 3.63) is 29.3 Å². The molecule has 0 aliphatic heterocycles. The normalized spacial score (nSPS) is 12.2. The van der Waals surface area contributed by atoms with Gasteiger partial charge in [-0.2, -0.15) is 0 Å². The van der Waals surface area contributed by atoms with Gasteiger partial charge in [0, 0.05) is 0 Å². The van der Waals surface area contributed by atoms with Gasteiger partial charge in [-0.05, 0) is 69.7 Å². The monoisotopic (exact) mass is 290 g/mol. The fraction of sp³-hybridized carbons (Fsp3) is 0.579. The van der Waals surface area contributed by atoms with E-state index in [2.05, 4.69) is 34.6 Å². The summed E-state index contributed by atoms with van der Waals surface area (Å²) >= 11 is 0. The molecule has 0 amide bonds. The van der Waals surface area contributed by atoms with Gasteiger partial charge in [0.15, 0.2) is 11.5 Å². The third-order valence-corrected chi connectivity index (χ3v) is 3.03. The molecule has 0 bridgehead atoms. The maximum atomic E-state index is 10.2. The second kappa shape index (κ2) is 6.13. The van der Waals surface area contributed by atoms with Crippen LogP contribution in [-0.2, 0) is 0 Å². The summed E-state index contributed by atoms with van der Waals surface area (Å²) in [6, 6.07) is 5.71. The highest BCUT2D eigenvalue weighted by molar-refractivity contribution is 5.70. The first kappa shape index (κ1) is 17.6. The topological polar surface area (TPSA) is 29.5 Å². The van der Waals surface area contributed by atoms with E-state index in [1.807, 2.05) is 39.0 Å². The number of phenolic OH excluding ortho intramolecular Hbond substituents is 1. The summed E-state index contributed by atoms with van der Waals surface area (Å²) in [6.45, 7) is 16.9. The van der Waals surface area contributed by atoms with E-state index in [0.717, 1.165) is 12.0 Å². The molecule has 1 rings (SSSR count).